The molecule has 0 fully saturated rings. The van der Waals surface area contributed by atoms with Crippen molar-refractivity contribution in [3.05, 3.63) is 47.3 Å². The second kappa shape index (κ2) is 7.61. The predicted octanol–water partition coefficient (Wildman–Crippen LogP) is 2.35. The predicted molar refractivity (Wildman–Crippen MR) is 100 cm³/mol. The number of amides is 1. The zero-order valence-electron chi connectivity index (χ0n) is 15.1. The summed E-state index contributed by atoms with van der Waals surface area (Å²) < 4.78 is 0. The van der Waals surface area contributed by atoms with Crippen molar-refractivity contribution in [2.75, 3.05) is 43.9 Å². The highest BCUT2D eigenvalue weighted by molar-refractivity contribution is 6.05. The van der Waals surface area contributed by atoms with Gasteiger partial charge in [-0.1, -0.05) is 18.2 Å². The molecule has 0 atom stereocenters. The molecule has 132 valence electrons. The molecule has 2 aromatic rings. The number of anilines is 2. The van der Waals surface area contributed by atoms with Gasteiger partial charge in [0, 0.05) is 31.0 Å². The van der Waals surface area contributed by atoms with Gasteiger partial charge in [-0.3, -0.25) is 4.79 Å². The van der Waals surface area contributed by atoms with Crippen molar-refractivity contribution in [1.29, 1.82) is 0 Å². The molecule has 1 N–H and O–H groups in total. The third-order valence-corrected chi connectivity index (χ3v) is 4.27. The third-order valence-electron chi connectivity index (χ3n) is 4.27. The second-order valence-corrected chi connectivity index (χ2v) is 6.64. The number of aromatic nitrogens is 2. The standard InChI is InChI=1S/C19H25N5O/c1-14-13-16(22-19(21-14)20-10-12-23(2)3)18(25)24-11-6-8-15-7-4-5-9-17(15)24/h4-5,7,9,13H,6,8,10-12H2,1-3H3,(H,20,21,22). The summed E-state index contributed by atoms with van der Waals surface area (Å²) in [6.45, 7) is 4.22. The Morgan fingerprint density at radius 1 is 1.28 bits per heavy atom. The van der Waals surface area contributed by atoms with Gasteiger partial charge in [0.2, 0.25) is 5.95 Å². The summed E-state index contributed by atoms with van der Waals surface area (Å²) in [5.41, 5.74) is 3.45. The van der Waals surface area contributed by atoms with Crippen molar-refractivity contribution in [2.45, 2.75) is 19.8 Å². The molecule has 1 aromatic carbocycles. The minimum atomic E-state index is -0.0618. The number of hydrogen-bond acceptors (Lipinski definition) is 5. The molecule has 1 aliphatic rings. The normalized spacial score (nSPS) is 13.7. The van der Waals surface area contributed by atoms with E-state index in [1.54, 1.807) is 6.07 Å². The van der Waals surface area contributed by atoms with E-state index in [1.807, 2.05) is 44.1 Å². The first kappa shape index (κ1) is 17.4. The molecular weight excluding hydrogens is 314 g/mol. The topological polar surface area (TPSA) is 61.4 Å². The van der Waals surface area contributed by atoms with Gasteiger partial charge in [0.25, 0.3) is 5.91 Å². The first-order valence-electron chi connectivity index (χ1n) is 8.68. The Balaban J connectivity index is 1.82. The van der Waals surface area contributed by atoms with E-state index in [0.717, 1.165) is 43.9 Å². The van der Waals surface area contributed by atoms with Gasteiger partial charge in [0.05, 0.1) is 0 Å². The van der Waals surface area contributed by atoms with Crippen LogP contribution < -0.4 is 10.2 Å². The molecule has 0 aliphatic carbocycles. The highest BCUT2D eigenvalue weighted by Gasteiger charge is 2.24. The number of likely N-dealkylation sites (N-methyl/N-ethyl adjacent to an activating group) is 1. The molecule has 6 nitrogen and oxygen atoms in total. The van der Waals surface area contributed by atoms with Gasteiger partial charge >= 0.3 is 0 Å². The maximum atomic E-state index is 13.0. The lowest BCUT2D eigenvalue weighted by atomic mass is 10.0. The molecule has 0 radical (unpaired) electrons. The van der Waals surface area contributed by atoms with Crippen molar-refractivity contribution in [2.24, 2.45) is 0 Å². The van der Waals surface area contributed by atoms with E-state index in [2.05, 4.69) is 26.3 Å². The number of hydrogen-bond donors (Lipinski definition) is 1. The van der Waals surface area contributed by atoms with Crippen LogP contribution in [0, 0.1) is 6.92 Å². The molecule has 0 spiro atoms. The van der Waals surface area contributed by atoms with Crippen molar-refractivity contribution in [3.63, 3.8) is 0 Å². The number of fused-ring (bicyclic) bond motifs is 1. The Morgan fingerprint density at radius 2 is 2.08 bits per heavy atom. The summed E-state index contributed by atoms with van der Waals surface area (Å²) in [6, 6.07) is 9.86. The molecule has 1 aromatic heterocycles. The van der Waals surface area contributed by atoms with Crippen LogP contribution in [-0.2, 0) is 6.42 Å². The minimum Gasteiger partial charge on any atom is -0.353 e. The van der Waals surface area contributed by atoms with Gasteiger partial charge in [-0.25, -0.2) is 9.97 Å². The Bertz CT molecular complexity index is 759. The number of carbonyl (C=O) groups excluding carboxylic acids is 1. The van der Waals surface area contributed by atoms with Gasteiger partial charge in [-0.2, -0.15) is 0 Å². The average molecular weight is 339 g/mol. The van der Waals surface area contributed by atoms with Crippen molar-refractivity contribution in [1.82, 2.24) is 14.9 Å². The Kier molecular flexibility index (Phi) is 5.28. The minimum absolute atomic E-state index is 0.0618. The Hall–Kier alpha value is -2.47. The molecular formula is C19H25N5O. The molecule has 2 heterocycles. The van der Waals surface area contributed by atoms with Crippen LogP contribution >= 0.6 is 0 Å². The maximum absolute atomic E-state index is 13.0. The highest BCUT2D eigenvalue weighted by atomic mass is 16.2. The molecule has 0 unspecified atom stereocenters. The Morgan fingerprint density at radius 3 is 2.88 bits per heavy atom. The fourth-order valence-corrected chi connectivity index (χ4v) is 3.03. The third kappa shape index (κ3) is 4.14. The van der Waals surface area contributed by atoms with Crippen LogP contribution in [0.5, 0.6) is 0 Å². The van der Waals surface area contributed by atoms with Crippen LogP contribution in [0.4, 0.5) is 11.6 Å². The number of rotatable bonds is 5. The van der Waals surface area contributed by atoms with Gasteiger partial charge in [0.1, 0.15) is 5.69 Å². The fraction of sp³-hybridized carbons (Fsp3) is 0.421. The largest absolute Gasteiger partial charge is 0.353 e. The number of para-hydroxylation sites is 1. The van der Waals surface area contributed by atoms with Crippen molar-refractivity contribution < 1.29 is 4.79 Å². The lowest BCUT2D eigenvalue weighted by Gasteiger charge is -2.29. The lowest BCUT2D eigenvalue weighted by molar-refractivity contribution is 0.0980. The lowest BCUT2D eigenvalue weighted by Crippen LogP contribution is -2.36. The highest BCUT2D eigenvalue weighted by Crippen LogP contribution is 2.28. The van der Waals surface area contributed by atoms with Crippen LogP contribution in [0.1, 0.15) is 28.2 Å². The second-order valence-electron chi connectivity index (χ2n) is 6.64. The molecule has 3 rings (SSSR count). The maximum Gasteiger partial charge on any atom is 0.277 e. The molecule has 6 heteroatoms. The first-order chi connectivity index (χ1) is 12.0. The van der Waals surface area contributed by atoms with Crippen molar-refractivity contribution >= 4 is 17.5 Å². The number of nitrogens with zero attached hydrogens (tertiary/aromatic N) is 4. The van der Waals surface area contributed by atoms with Crippen LogP contribution in [-0.4, -0.2) is 54.5 Å². The zero-order valence-corrected chi connectivity index (χ0v) is 15.1. The van der Waals surface area contributed by atoms with Gasteiger partial charge in [-0.05, 0) is 51.6 Å². The zero-order chi connectivity index (χ0) is 17.8. The quantitative estimate of drug-likeness (QED) is 0.906. The summed E-state index contributed by atoms with van der Waals surface area (Å²) in [7, 11) is 4.03. The molecule has 0 saturated heterocycles. The molecule has 25 heavy (non-hydrogen) atoms. The van der Waals surface area contributed by atoms with Crippen LogP contribution in [0.25, 0.3) is 0 Å². The molecule has 0 saturated carbocycles. The SMILES string of the molecule is Cc1cc(C(=O)N2CCCc3ccccc32)nc(NCCN(C)C)n1. The van der Waals surface area contributed by atoms with Crippen LogP contribution in [0.3, 0.4) is 0 Å². The summed E-state index contributed by atoms with van der Waals surface area (Å²) in [4.78, 5) is 25.8. The molecule has 0 bridgehead atoms. The Labute approximate surface area is 148 Å². The van der Waals surface area contributed by atoms with Crippen LogP contribution in [0.15, 0.2) is 30.3 Å². The van der Waals surface area contributed by atoms with Gasteiger partial charge in [-0.15, -0.1) is 0 Å². The first-order valence-corrected chi connectivity index (χ1v) is 8.68. The van der Waals surface area contributed by atoms with Crippen LogP contribution in [0.2, 0.25) is 0 Å². The summed E-state index contributed by atoms with van der Waals surface area (Å²) >= 11 is 0. The van der Waals surface area contributed by atoms with E-state index < -0.39 is 0 Å². The van der Waals surface area contributed by atoms with Gasteiger partial charge in [0.15, 0.2) is 0 Å². The van der Waals surface area contributed by atoms with Crippen molar-refractivity contribution in [3.8, 4) is 0 Å². The van der Waals surface area contributed by atoms with E-state index >= 15 is 0 Å². The van der Waals surface area contributed by atoms with E-state index in [1.165, 1.54) is 5.56 Å². The van der Waals surface area contributed by atoms with E-state index in [0.29, 0.717) is 11.6 Å². The number of aryl methyl sites for hydroxylation is 2. The van der Waals surface area contributed by atoms with E-state index in [-0.39, 0.29) is 5.91 Å². The number of carbonyl (C=O) groups is 1. The summed E-state index contributed by atoms with van der Waals surface area (Å²) in [5, 5.41) is 3.20. The monoisotopic (exact) mass is 339 g/mol. The van der Waals surface area contributed by atoms with Gasteiger partial charge < -0.3 is 15.1 Å². The summed E-state index contributed by atoms with van der Waals surface area (Å²) in [6.07, 6.45) is 1.99. The fourth-order valence-electron chi connectivity index (χ4n) is 3.03. The van der Waals surface area contributed by atoms with E-state index in [9.17, 15) is 4.79 Å². The van der Waals surface area contributed by atoms with E-state index in [4.69, 9.17) is 0 Å². The number of benzene rings is 1. The summed E-state index contributed by atoms with van der Waals surface area (Å²) in [5.74, 6) is 0.448. The molecule has 1 aliphatic heterocycles. The number of nitrogens with one attached hydrogen (secondary N) is 1. The smallest absolute Gasteiger partial charge is 0.277 e. The molecule has 1 amide bonds. The average Bonchev–Trinajstić information content (AvgIpc) is 2.60.